The number of nitrogens with one attached hydrogen (secondary N) is 1. The summed E-state index contributed by atoms with van der Waals surface area (Å²) in [6.45, 7) is 5.82. The van der Waals surface area contributed by atoms with E-state index in [9.17, 15) is 8.42 Å². The second-order valence-electron chi connectivity index (χ2n) is 6.30. The van der Waals surface area contributed by atoms with E-state index in [1.54, 1.807) is 19.1 Å². The lowest BCUT2D eigenvalue weighted by atomic mass is 10.1. The summed E-state index contributed by atoms with van der Waals surface area (Å²) >= 11 is 0. The third kappa shape index (κ3) is 4.17. The van der Waals surface area contributed by atoms with Gasteiger partial charge in [0.1, 0.15) is 0 Å². The number of rotatable bonds is 6. The van der Waals surface area contributed by atoms with E-state index < -0.39 is 10.0 Å². The molecule has 2 aromatic carbocycles. The average molecular weight is 371 g/mol. The van der Waals surface area contributed by atoms with Gasteiger partial charge in [-0.15, -0.1) is 0 Å². The molecular weight excluding hydrogens is 350 g/mol. The molecule has 0 aliphatic rings. The van der Waals surface area contributed by atoms with Crippen molar-refractivity contribution in [3.05, 3.63) is 65.0 Å². The van der Waals surface area contributed by atoms with E-state index in [0.29, 0.717) is 28.6 Å². The number of hydrogen-bond acceptors (Lipinski definition) is 5. The van der Waals surface area contributed by atoms with E-state index in [0.717, 1.165) is 16.7 Å². The minimum Gasteiger partial charge on any atom is -0.339 e. The van der Waals surface area contributed by atoms with Crippen molar-refractivity contribution in [1.29, 1.82) is 0 Å². The molecule has 0 spiro atoms. The highest BCUT2D eigenvalue weighted by atomic mass is 32.2. The maximum Gasteiger partial charge on any atom is 0.240 e. The Kier molecular flexibility index (Phi) is 5.20. The summed E-state index contributed by atoms with van der Waals surface area (Å²) < 4.78 is 32.8. The lowest BCUT2D eigenvalue weighted by molar-refractivity contribution is 0.379. The van der Waals surface area contributed by atoms with Gasteiger partial charge in [-0.2, -0.15) is 4.98 Å². The molecule has 0 unspecified atom stereocenters. The second-order valence-corrected chi connectivity index (χ2v) is 8.03. The van der Waals surface area contributed by atoms with Gasteiger partial charge in [0, 0.05) is 18.5 Å². The average Bonchev–Trinajstić information content (AvgIpc) is 3.06. The zero-order chi connectivity index (χ0) is 18.7. The molecule has 3 rings (SSSR count). The maximum absolute atomic E-state index is 12.5. The molecule has 0 radical (unpaired) electrons. The van der Waals surface area contributed by atoms with Gasteiger partial charge >= 0.3 is 0 Å². The first-order valence-electron chi connectivity index (χ1n) is 8.32. The molecule has 0 aliphatic carbocycles. The van der Waals surface area contributed by atoms with E-state index in [1.807, 2.05) is 44.2 Å². The first-order valence-corrected chi connectivity index (χ1v) is 9.80. The molecule has 0 saturated heterocycles. The Morgan fingerprint density at radius 1 is 1.04 bits per heavy atom. The largest absolute Gasteiger partial charge is 0.339 e. The maximum atomic E-state index is 12.5. The monoisotopic (exact) mass is 371 g/mol. The molecule has 0 amide bonds. The highest BCUT2D eigenvalue weighted by molar-refractivity contribution is 7.89. The van der Waals surface area contributed by atoms with Crippen LogP contribution in [0.1, 0.15) is 22.6 Å². The van der Waals surface area contributed by atoms with Crippen LogP contribution in [0.3, 0.4) is 0 Å². The van der Waals surface area contributed by atoms with Crippen LogP contribution in [0.4, 0.5) is 0 Å². The van der Waals surface area contributed by atoms with Crippen molar-refractivity contribution in [1.82, 2.24) is 14.9 Å². The molecule has 0 saturated carbocycles. The van der Waals surface area contributed by atoms with E-state index in [-0.39, 0.29) is 6.54 Å². The molecule has 1 N–H and O–H groups in total. The van der Waals surface area contributed by atoms with Gasteiger partial charge in [-0.05, 0) is 44.0 Å². The van der Waals surface area contributed by atoms with Gasteiger partial charge < -0.3 is 4.52 Å². The van der Waals surface area contributed by atoms with Crippen LogP contribution in [0.5, 0.6) is 0 Å². The molecule has 0 bridgehead atoms. The lowest BCUT2D eigenvalue weighted by Gasteiger charge is -2.09. The summed E-state index contributed by atoms with van der Waals surface area (Å²) in [5.74, 6) is 0.895. The molecule has 0 fully saturated rings. The molecule has 0 atom stereocenters. The Hall–Kier alpha value is -2.51. The number of nitrogens with zero attached hydrogens (tertiary/aromatic N) is 2. The highest BCUT2D eigenvalue weighted by Gasteiger charge is 2.17. The summed E-state index contributed by atoms with van der Waals surface area (Å²) in [4.78, 5) is 4.63. The summed E-state index contributed by atoms with van der Waals surface area (Å²) in [7, 11) is -3.57. The Morgan fingerprint density at radius 2 is 1.81 bits per heavy atom. The number of hydrogen-bond donors (Lipinski definition) is 1. The zero-order valence-corrected chi connectivity index (χ0v) is 15.8. The van der Waals surface area contributed by atoms with Crippen molar-refractivity contribution in [2.75, 3.05) is 6.54 Å². The fourth-order valence-electron chi connectivity index (χ4n) is 2.62. The summed E-state index contributed by atoms with van der Waals surface area (Å²) in [6, 6.07) is 13.2. The summed E-state index contributed by atoms with van der Waals surface area (Å²) in [6.07, 6.45) is 0.322. The highest BCUT2D eigenvalue weighted by Crippen LogP contribution is 2.18. The molecular formula is C19H21N3O3S. The topological polar surface area (TPSA) is 85.1 Å². The van der Waals surface area contributed by atoms with Gasteiger partial charge in [0.15, 0.2) is 0 Å². The van der Waals surface area contributed by atoms with Crippen LogP contribution in [0.25, 0.3) is 11.4 Å². The van der Waals surface area contributed by atoms with Crippen molar-refractivity contribution < 1.29 is 12.9 Å². The van der Waals surface area contributed by atoms with Gasteiger partial charge in [-0.3, -0.25) is 0 Å². The van der Waals surface area contributed by atoms with Gasteiger partial charge in [-0.25, -0.2) is 13.1 Å². The van der Waals surface area contributed by atoms with Crippen LogP contribution >= 0.6 is 0 Å². The Morgan fingerprint density at radius 3 is 2.58 bits per heavy atom. The van der Waals surface area contributed by atoms with Crippen LogP contribution in [0, 0.1) is 20.8 Å². The van der Waals surface area contributed by atoms with Crippen molar-refractivity contribution in [2.24, 2.45) is 0 Å². The van der Waals surface area contributed by atoms with Gasteiger partial charge in [-0.1, -0.05) is 41.1 Å². The van der Waals surface area contributed by atoms with Crippen LogP contribution in [0.2, 0.25) is 0 Å². The normalized spacial score (nSPS) is 11.7. The Bertz CT molecular complexity index is 1030. The summed E-state index contributed by atoms with van der Waals surface area (Å²) in [5, 5.41) is 3.96. The molecule has 3 aromatic rings. The fourth-order valence-corrected chi connectivity index (χ4v) is 3.98. The first kappa shape index (κ1) is 18.3. The number of sulfonamides is 1. The minimum absolute atomic E-state index is 0.186. The molecule has 1 aromatic heterocycles. The fraction of sp³-hybridized carbons (Fsp3) is 0.263. The smallest absolute Gasteiger partial charge is 0.240 e. The quantitative estimate of drug-likeness (QED) is 0.719. The van der Waals surface area contributed by atoms with Crippen molar-refractivity contribution in [3.63, 3.8) is 0 Å². The van der Waals surface area contributed by atoms with Crippen molar-refractivity contribution >= 4 is 10.0 Å². The second kappa shape index (κ2) is 7.39. The SMILES string of the molecule is Cc1cccc(-c2noc(CCNS(=O)(=O)c3cc(C)ccc3C)n2)c1. The molecule has 1 heterocycles. The molecule has 7 heteroatoms. The third-order valence-corrected chi connectivity index (χ3v) is 5.61. The molecule has 136 valence electrons. The Labute approximate surface area is 153 Å². The van der Waals surface area contributed by atoms with Crippen LogP contribution in [-0.2, 0) is 16.4 Å². The number of aromatic nitrogens is 2. The number of benzene rings is 2. The van der Waals surface area contributed by atoms with Crippen LogP contribution in [-0.4, -0.2) is 25.1 Å². The predicted octanol–water partition coefficient (Wildman–Crippen LogP) is 3.18. The standard InChI is InChI=1S/C19H21N3O3S/c1-13-5-4-6-16(11-13)19-21-18(25-22-19)9-10-20-26(23,24)17-12-14(2)7-8-15(17)3/h4-8,11-12,20H,9-10H2,1-3H3. The van der Waals surface area contributed by atoms with Crippen molar-refractivity contribution in [3.8, 4) is 11.4 Å². The number of aryl methyl sites for hydroxylation is 3. The lowest BCUT2D eigenvalue weighted by Crippen LogP contribution is -2.26. The molecule has 26 heavy (non-hydrogen) atoms. The first-order chi connectivity index (χ1) is 12.3. The summed E-state index contributed by atoms with van der Waals surface area (Å²) in [5.41, 5.74) is 3.59. The van der Waals surface area contributed by atoms with Gasteiger partial charge in [0.05, 0.1) is 4.90 Å². The Balaban J connectivity index is 1.66. The minimum atomic E-state index is -3.57. The van der Waals surface area contributed by atoms with E-state index >= 15 is 0 Å². The zero-order valence-electron chi connectivity index (χ0n) is 15.0. The van der Waals surface area contributed by atoms with Crippen molar-refractivity contribution in [2.45, 2.75) is 32.1 Å². The molecule has 0 aliphatic heterocycles. The molecule has 6 nitrogen and oxygen atoms in total. The van der Waals surface area contributed by atoms with E-state index in [2.05, 4.69) is 14.9 Å². The van der Waals surface area contributed by atoms with E-state index in [4.69, 9.17) is 4.52 Å². The van der Waals surface area contributed by atoms with Crippen LogP contribution in [0.15, 0.2) is 51.9 Å². The van der Waals surface area contributed by atoms with Crippen LogP contribution < -0.4 is 4.72 Å². The van der Waals surface area contributed by atoms with Gasteiger partial charge in [0.25, 0.3) is 0 Å². The predicted molar refractivity (Wildman–Crippen MR) is 99.3 cm³/mol. The third-order valence-electron chi connectivity index (χ3n) is 4.01. The van der Waals surface area contributed by atoms with E-state index in [1.165, 1.54) is 0 Å². The van der Waals surface area contributed by atoms with Gasteiger partial charge in [0.2, 0.25) is 21.7 Å².